The summed E-state index contributed by atoms with van der Waals surface area (Å²) in [5.74, 6) is -4.60. The van der Waals surface area contributed by atoms with Crippen molar-refractivity contribution in [1.82, 2.24) is 29.9 Å². The third-order valence-corrected chi connectivity index (χ3v) is 6.77. The Morgan fingerprint density at radius 3 is 0.780 bits per heavy atom. The fraction of sp³-hybridized carbons (Fsp3) is 0. The minimum Gasteiger partial charge on any atom is -0.478 e. The first kappa shape index (κ1) is 33.9. The zero-order chi connectivity index (χ0) is 35.6. The van der Waals surface area contributed by atoms with E-state index in [2.05, 4.69) is 19.9 Å². The van der Waals surface area contributed by atoms with Crippen LogP contribution in [0, 0.1) is 0 Å². The zero-order valence-electron chi connectivity index (χ0n) is 25.7. The summed E-state index contributed by atoms with van der Waals surface area (Å²) in [5, 5.41) is 37.6. The number of aromatic nitrogens is 6. The van der Waals surface area contributed by atoms with Crippen LogP contribution in [0.1, 0.15) is 86.5 Å². The van der Waals surface area contributed by atoms with Crippen molar-refractivity contribution >= 4 is 72.5 Å². The largest absolute Gasteiger partial charge is 0.478 e. The fourth-order valence-electron chi connectivity index (χ4n) is 4.34. The highest BCUT2D eigenvalue weighted by Gasteiger charge is 2.11. The van der Waals surface area contributed by atoms with Crippen molar-refractivity contribution in [2.45, 2.75) is 0 Å². The third-order valence-electron chi connectivity index (χ3n) is 6.77. The topological polar surface area (TPSA) is 227 Å². The van der Waals surface area contributed by atoms with E-state index in [-0.39, 0.29) is 22.3 Å². The van der Waals surface area contributed by atoms with Gasteiger partial charge in [-0.15, -0.1) is 0 Å². The maximum Gasteiger partial charge on any atom is 0.337 e. The molecule has 0 aromatic carbocycles. The van der Waals surface area contributed by atoms with Gasteiger partial charge in [0.15, 0.2) is 0 Å². The van der Waals surface area contributed by atoms with Crippen LogP contribution in [0.5, 0.6) is 0 Å². The molecule has 0 aliphatic heterocycles. The summed E-state index contributed by atoms with van der Waals surface area (Å²) in [5.41, 5.74) is 3.01. The van der Waals surface area contributed by atoms with Gasteiger partial charge in [0.1, 0.15) is 0 Å². The SMILES string of the molecule is O=C(O)c1cncc(C=Cc2nc(C=Cc3cncc(C(=O)O)c3)c(C=Cc3cncc(C(=O)O)c3)nc2C=Cc2cncc(C(=O)O)c2)c1. The van der Waals surface area contributed by atoms with Crippen molar-refractivity contribution in [1.29, 1.82) is 0 Å². The van der Waals surface area contributed by atoms with E-state index in [1.807, 2.05) is 0 Å². The molecule has 0 saturated carbocycles. The molecule has 0 aliphatic rings. The summed E-state index contributed by atoms with van der Waals surface area (Å²) in [7, 11) is 0. The van der Waals surface area contributed by atoms with Crippen LogP contribution >= 0.6 is 0 Å². The summed E-state index contributed by atoms with van der Waals surface area (Å²) in [4.78, 5) is 71.5. The summed E-state index contributed by atoms with van der Waals surface area (Å²) < 4.78 is 0. The molecule has 50 heavy (non-hydrogen) atoms. The van der Waals surface area contributed by atoms with E-state index < -0.39 is 23.9 Å². The van der Waals surface area contributed by atoms with Gasteiger partial charge in [0.25, 0.3) is 0 Å². The molecule has 5 aromatic rings. The summed E-state index contributed by atoms with van der Waals surface area (Å²) >= 11 is 0. The van der Waals surface area contributed by atoms with Gasteiger partial charge < -0.3 is 20.4 Å². The monoisotopic (exact) mass is 668 g/mol. The van der Waals surface area contributed by atoms with Gasteiger partial charge in [0.2, 0.25) is 0 Å². The number of carboxylic acids is 4. The highest BCUT2D eigenvalue weighted by atomic mass is 16.4. The Bertz CT molecular complexity index is 1950. The van der Waals surface area contributed by atoms with Crippen LogP contribution in [0.2, 0.25) is 0 Å². The first-order valence-corrected chi connectivity index (χ1v) is 14.4. The van der Waals surface area contributed by atoms with E-state index in [1.54, 1.807) is 48.6 Å². The van der Waals surface area contributed by atoms with E-state index in [1.165, 1.54) is 73.8 Å². The molecule has 0 radical (unpaired) electrons. The summed E-state index contributed by atoms with van der Waals surface area (Å²) in [6, 6.07) is 5.71. The Labute approximate surface area is 282 Å². The Morgan fingerprint density at radius 1 is 0.360 bits per heavy atom. The molecule has 0 atom stereocenters. The molecule has 0 saturated heterocycles. The van der Waals surface area contributed by atoms with E-state index >= 15 is 0 Å². The lowest BCUT2D eigenvalue weighted by molar-refractivity contribution is 0.0685. The minimum atomic E-state index is -1.15. The van der Waals surface area contributed by atoms with E-state index in [4.69, 9.17) is 9.97 Å². The molecular weight excluding hydrogens is 644 g/mol. The molecule has 14 nitrogen and oxygen atoms in total. The summed E-state index contributed by atoms with van der Waals surface area (Å²) in [6.45, 7) is 0. The average Bonchev–Trinajstić information content (AvgIpc) is 3.12. The van der Waals surface area contributed by atoms with Gasteiger partial charge in [-0.1, -0.05) is 24.3 Å². The van der Waals surface area contributed by atoms with Crippen LogP contribution in [0.15, 0.2) is 73.8 Å². The quantitative estimate of drug-likeness (QED) is 0.128. The number of hydrogen-bond donors (Lipinski definition) is 4. The fourth-order valence-corrected chi connectivity index (χ4v) is 4.34. The van der Waals surface area contributed by atoms with Crippen molar-refractivity contribution < 1.29 is 39.6 Å². The van der Waals surface area contributed by atoms with Crippen LogP contribution in [0.4, 0.5) is 0 Å². The van der Waals surface area contributed by atoms with Gasteiger partial charge in [-0.05, 0) is 70.8 Å². The molecule has 0 bridgehead atoms. The predicted molar refractivity (Wildman–Crippen MR) is 183 cm³/mol. The molecule has 0 unspecified atom stereocenters. The second-order valence-corrected chi connectivity index (χ2v) is 10.3. The lowest BCUT2D eigenvalue weighted by Crippen LogP contribution is -2.01. The van der Waals surface area contributed by atoms with Crippen molar-refractivity contribution in [3.8, 4) is 0 Å². The maximum atomic E-state index is 11.5. The molecule has 0 spiro atoms. The molecule has 5 rings (SSSR count). The number of nitrogens with zero attached hydrogens (tertiary/aromatic N) is 6. The number of pyridine rings is 4. The number of hydrogen-bond acceptors (Lipinski definition) is 10. The predicted octanol–water partition coefficient (Wildman–Crippen LogP) is 5.53. The molecule has 0 amide bonds. The van der Waals surface area contributed by atoms with Gasteiger partial charge in [0.05, 0.1) is 45.0 Å². The number of aromatic carboxylic acids is 4. The van der Waals surface area contributed by atoms with Crippen molar-refractivity contribution in [2.24, 2.45) is 0 Å². The van der Waals surface area contributed by atoms with Crippen molar-refractivity contribution in [3.63, 3.8) is 0 Å². The average molecular weight is 669 g/mol. The lowest BCUT2D eigenvalue weighted by Gasteiger charge is -2.08. The second-order valence-electron chi connectivity index (χ2n) is 10.3. The first-order valence-electron chi connectivity index (χ1n) is 14.4. The Morgan fingerprint density at radius 2 is 0.580 bits per heavy atom. The number of carbonyl (C=O) groups is 4. The minimum absolute atomic E-state index is 0.0214. The lowest BCUT2D eigenvalue weighted by atomic mass is 10.1. The van der Waals surface area contributed by atoms with Crippen LogP contribution in [-0.4, -0.2) is 74.2 Å². The van der Waals surface area contributed by atoms with Gasteiger partial charge in [-0.2, -0.15) is 0 Å². The second kappa shape index (κ2) is 15.4. The molecule has 0 fully saturated rings. The zero-order valence-corrected chi connectivity index (χ0v) is 25.7. The normalized spacial score (nSPS) is 11.5. The molecule has 4 N–H and O–H groups in total. The van der Waals surface area contributed by atoms with Crippen molar-refractivity contribution in [2.75, 3.05) is 0 Å². The van der Waals surface area contributed by atoms with Gasteiger partial charge >= 0.3 is 23.9 Å². The number of carboxylic acid groups (broad SMARTS) is 4. The van der Waals surface area contributed by atoms with E-state index in [9.17, 15) is 39.6 Å². The van der Waals surface area contributed by atoms with E-state index in [0.717, 1.165) is 0 Å². The van der Waals surface area contributed by atoms with E-state index in [0.29, 0.717) is 45.0 Å². The molecule has 5 heterocycles. The third kappa shape index (κ3) is 8.86. The smallest absolute Gasteiger partial charge is 0.337 e. The Balaban J connectivity index is 1.66. The van der Waals surface area contributed by atoms with Gasteiger partial charge in [-0.3, -0.25) is 19.9 Å². The molecule has 5 aromatic heterocycles. The van der Waals surface area contributed by atoms with Crippen LogP contribution in [0.3, 0.4) is 0 Å². The first-order chi connectivity index (χ1) is 24.0. The maximum absolute atomic E-state index is 11.5. The molecular formula is C36H24N6O8. The Hall–Kier alpha value is -7.48. The van der Waals surface area contributed by atoms with Gasteiger partial charge in [-0.25, -0.2) is 29.1 Å². The van der Waals surface area contributed by atoms with Crippen LogP contribution in [0.25, 0.3) is 48.6 Å². The standard InChI is InChI=1S/C36H24N6O8/c43-33(44)25-9-21(13-37-17-25)1-5-29-30(6-2-22-10-26(34(45)46)18-38-14-22)42-32(8-4-24-12-28(36(49)50)20-40-16-24)31(41-29)7-3-23-11-27(35(47)48)19-39-15-23/h1-20H,(H,43,44)(H,45,46)(H,47,48)(H,49,50). The molecule has 246 valence electrons. The summed E-state index contributed by atoms with van der Waals surface area (Å²) in [6.07, 6.45) is 23.5. The molecule has 14 heteroatoms. The Kier molecular flexibility index (Phi) is 10.4. The van der Waals surface area contributed by atoms with Crippen LogP contribution in [-0.2, 0) is 0 Å². The highest BCUT2D eigenvalue weighted by molar-refractivity contribution is 5.91. The van der Waals surface area contributed by atoms with Crippen LogP contribution < -0.4 is 0 Å². The van der Waals surface area contributed by atoms with Crippen molar-refractivity contribution in [3.05, 3.63) is 141 Å². The highest BCUT2D eigenvalue weighted by Crippen LogP contribution is 2.21. The number of rotatable bonds is 12. The van der Waals surface area contributed by atoms with Gasteiger partial charge in [0, 0.05) is 49.6 Å². The molecule has 0 aliphatic carbocycles.